The van der Waals surface area contributed by atoms with Gasteiger partial charge in [0.15, 0.2) is 11.6 Å². The number of Topliss-reactive ketones (excluding diaryl/α,β-unsaturated/α-hetero) is 2. The number of hydrogen-bond acceptors (Lipinski definition) is 6. The summed E-state index contributed by atoms with van der Waals surface area (Å²) in [6.07, 6.45) is 19.7. The fourth-order valence-electron chi connectivity index (χ4n) is 17.4. The summed E-state index contributed by atoms with van der Waals surface area (Å²) < 4.78 is 0. The monoisotopic (exact) mass is 833 g/mol. The van der Waals surface area contributed by atoms with E-state index in [0.717, 1.165) is 114 Å². The minimum atomic E-state index is -0.705. The van der Waals surface area contributed by atoms with Gasteiger partial charge in [-0.2, -0.15) is 0 Å². The molecule has 8 rings (SSSR count). The van der Waals surface area contributed by atoms with Crippen molar-refractivity contribution < 1.29 is 39.6 Å². The number of fused-ring (bicyclic) bond motifs is 10. The van der Waals surface area contributed by atoms with Gasteiger partial charge in [-0.05, 0) is 209 Å². The molecule has 8 aliphatic carbocycles. The predicted octanol–water partition coefficient (Wildman–Crippen LogP) is 10.5. The molecule has 0 aromatic heterocycles. The number of aliphatic hydroxyl groups excluding tert-OH is 2. The number of carbonyl (C=O) groups excluding carboxylic acids is 2. The zero-order valence-corrected chi connectivity index (χ0v) is 38.4. The van der Waals surface area contributed by atoms with Crippen molar-refractivity contribution in [2.24, 2.45) is 92.7 Å². The molecular formula is C52H80O8. The second-order valence-corrected chi connectivity index (χ2v) is 22.9. The highest BCUT2D eigenvalue weighted by atomic mass is 16.4. The number of rotatable bonds is 8. The third kappa shape index (κ3) is 7.43. The maximum absolute atomic E-state index is 13.8. The normalized spacial score (nSPS) is 48.0. The van der Waals surface area contributed by atoms with Crippen LogP contribution in [0.15, 0.2) is 23.3 Å². The Morgan fingerprint density at radius 2 is 0.900 bits per heavy atom. The molecule has 8 aliphatic rings. The molecule has 0 heterocycles. The standard InChI is InChI=1S/2C26H40O4/c2*1-5-17-21-14-16(27)10-12-26(21,4)20-11-13-25(3)18(15(2)6-9-22(28)29)7-8-19(25)23(20)24(17)30/h2*5,15-16,18-21,23,27H,6-14H2,1-4H3,(H,28,29)/b17-5+;17-5-/t2*15?,16-,18?,19?,20?,21+,23+,25-,26-/m11/s1. The molecule has 336 valence electrons. The van der Waals surface area contributed by atoms with Gasteiger partial charge in [0.05, 0.1) is 12.2 Å². The second kappa shape index (κ2) is 17.0. The summed E-state index contributed by atoms with van der Waals surface area (Å²) >= 11 is 0. The lowest BCUT2D eigenvalue weighted by molar-refractivity contribution is -0.150. The highest BCUT2D eigenvalue weighted by Crippen LogP contribution is 2.70. The van der Waals surface area contributed by atoms with E-state index in [1.54, 1.807) is 0 Å². The van der Waals surface area contributed by atoms with Crippen LogP contribution in [-0.2, 0) is 19.2 Å². The number of carboxylic acid groups (broad SMARTS) is 2. The van der Waals surface area contributed by atoms with Crippen LogP contribution in [0.2, 0.25) is 0 Å². The van der Waals surface area contributed by atoms with Crippen molar-refractivity contribution in [1.82, 2.24) is 0 Å². The van der Waals surface area contributed by atoms with E-state index in [1.165, 1.54) is 0 Å². The Kier molecular flexibility index (Phi) is 12.9. The molecule has 0 aromatic rings. The van der Waals surface area contributed by atoms with Crippen LogP contribution in [0.3, 0.4) is 0 Å². The molecule has 0 spiro atoms. The van der Waals surface area contributed by atoms with E-state index >= 15 is 0 Å². The summed E-state index contributed by atoms with van der Waals surface area (Å²) in [4.78, 5) is 49.9. The molecule has 4 N–H and O–H groups in total. The molecule has 8 unspecified atom stereocenters. The number of aliphatic hydroxyl groups is 2. The van der Waals surface area contributed by atoms with E-state index in [9.17, 15) is 29.4 Å². The van der Waals surface area contributed by atoms with Gasteiger partial charge in [-0.1, -0.05) is 53.7 Å². The average molecular weight is 833 g/mol. The van der Waals surface area contributed by atoms with Gasteiger partial charge >= 0.3 is 11.9 Å². The number of allylic oxidation sites excluding steroid dienone is 4. The van der Waals surface area contributed by atoms with Gasteiger partial charge in [0, 0.05) is 24.7 Å². The minimum absolute atomic E-state index is 0.114. The average Bonchev–Trinajstić information content (AvgIpc) is 3.74. The Balaban J connectivity index is 0.000000181. The maximum atomic E-state index is 13.8. The van der Waals surface area contributed by atoms with Gasteiger partial charge in [-0.3, -0.25) is 19.2 Å². The number of ketones is 2. The first-order valence-corrected chi connectivity index (χ1v) is 24.5. The van der Waals surface area contributed by atoms with Crippen LogP contribution in [0.25, 0.3) is 0 Å². The van der Waals surface area contributed by atoms with E-state index in [-0.39, 0.29) is 70.4 Å². The Bertz CT molecular complexity index is 1610. The fraction of sp³-hybridized carbons (Fsp3) is 0.846. The van der Waals surface area contributed by atoms with Crippen LogP contribution in [0.1, 0.15) is 171 Å². The first kappa shape index (κ1) is 45.7. The smallest absolute Gasteiger partial charge is 0.303 e. The lowest BCUT2D eigenvalue weighted by Crippen LogP contribution is -2.58. The van der Waals surface area contributed by atoms with Crippen molar-refractivity contribution in [3.05, 3.63) is 23.3 Å². The van der Waals surface area contributed by atoms with Gasteiger partial charge in [-0.25, -0.2) is 0 Å². The van der Waals surface area contributed by atoms with Gasteiger partial charge < -0.3 is 20.4 Å². The van der Waals surface area contributed by atoms with Gasteiger partial charge in [0.1, 0.15) is 0 Å². The second-order valence-electron chi connectivity index (χ2n) is 22.9. The molecule has 0 aliphatic heterocycles. The van der Waals surface area contributed by atoms with E-state index in [1.807, 2.05) is 26.0 Å². The van der Waals surface area contributed by atoms with Crippen molar-refractivity contribution in [3.63, 3.8) is 0 Å². The third-order valence-corrected chi connectivity index (χ3v) is 20.6. The van der Waals surface area contributed by atoms with Crippen LogP contribution in [-0.4, -0.2) is 56.1 Å². The van der Waals surface area contributed by atoms with E-state index < -0.39 is 11.9 Å². The molecule has 8 nitrogen and oxygen atoms in total. The minimum Gasteiger partial charge on any atom is -0.481 e. The van der Waals surface area contributed by atoms with Crippen molar-refractivity contribution in [2.45, 2.75) is 183 Å². The lowest BCUT2D eigenvalue weighted by Gasteiger charge is -2.61. The summed E-state index contributed by atoms with van der Waals surface area (Å²) in [5.41, 5.74) is 2.51. The molecule has 60 heavy (non-hydrogen) atoms. The summed E-state index contributed by atoms with van der Waals surface area (Å²) in [6.45, 7) is 18.1. The topological polar surface area (TPSA) is 149 Å². The van der Waals surface area contributed by atoms with Crippen LogP contribution < -0.4 is 0 Å². The zero-order chi connectivity index (χ0) is 43.7. The molecule has 18 atom stereocenters. The van der Waals surface area contributed by atoms with Crippen molar-refractivity contribution in [1.29, 1.82) is 0 Å². The van der Waals surface area contributed by atoms with Crippen LogP contribution >= 0.6 is 0 Å². The van der Waals surface area contributed by atoms with Gasteiger partial charge in [0.2, 0.25) is 0 Å². The molecule has 8 heteroatoms. The van der Waals surface area contributed by atoms with E-state index in [2.05, 4.69) is 41.5 Å². The quantitative estimate of drug-likeness (QED) is 0.177. The molecule has 0 radical (unpaired) electrons. The molecular weight excluding hydrogens is 753 g/mol. The highest BCUT2D eigenvalue weighted by Gasteiger charge is 2.66. The summed E-state index contributed by atoms with van der Waals surface area (Å²) in [5, 5.41) is 39.0. The fourth-order valence-corrected chi connectivity index (χ4v) is 17.4. The molecule has 0 saturated heterocycles. The molecule has 0 amide bonds. The zero-order valence-electron chi connectivity index (χ0n) is 38.4. The Hall–Kier alpha value is -2.32. The van der Waals surface area contributed by atoms with Gasteiger partial charge in [0.25, 0.3) is 0 Å². The molecule has 8 fully saturated rings. The van der Waals surface area contributed by atoms with Crippen LogP contribution in [0.4, 0.5) is 0 Å². The largest absolute Gasteiger partial charge is 0.481 e. The Labute approximate surface area is 361 Å². The molecule has 0 aromatic carbocycles. The van der Waals surface area contributed by atoms with Crippen molar-refractivity contribution in [3.8, 4) is 0 Å². The Morgan fingerprint density at radius 3 is 1.23 bits per heavy atom. The number of hydrogen-bond donors (Lipinski definition) is 4. The summed E-state index contributed by atoms with van der Waals surface area (Å²) in [6, 6.07) is 0. The highest BCUT2D eigenvalue weighted by molar-refractivity contribution is 6.00. The third-order valence-electron chi connectivity index (χ3n) is 20.6. The maximum Gasteiger partial charge on any atom is 0.303 e. The van der Waals surface area contributed by atoms with E-state index in [0.29, 0.717) is 58.9 Å². The molecule has 0 bridgehead atoms. The number of aliphatic carboxylic acids is 2. The number of carbonyl (C=O) groups is 4. The first-order valence-electron chi connectivity index (χ1n) is 24.5. The van der Waals surface area contributed by atoms with Crippen molar-refractivity contribution >= 4 is 23.5 Å². The summed E-state index contributed by atoms with van der Waals surface area (Å²) in [7, 11) is 0. The first-order chi connectivity index (χ1) is 28.3. The Morgan fingerprint density at radius 1 is 0.567 bits per heavy atom. The summed E-state index contributed by atoms with van der Waals surface area (Å²) in [5.74, 6) is 3.47. The number of carboxylic acids is 2. The molecule has 8 saturated carbocycles. The van der Waals surface area contributed by atoms with Gasteiger partial charge in [-0.15, -0.1) is 0 Å². The van der Waals surface area contributed by atoms with Crippen molar-refractivity contribution in [2.75, 3.05) is 0 Å². The van der Waals surface area contributed by atoms with Crippen LogP contribution in [0.5, 0.6) is 0 Å². The van der Waals surface area contributed by atoms with E-state index in [4.69, 9.17) is 10.2 Å². The SMILES string of the molecule is C/C=C1/C(=O)[C@H]2C3CCC(C(C)CCC(=O)O)[C@@]3(C)CCC2[C@@]2(C)CC[C@@H](O)C[C@@H]12.C/C=C1\C(=O)[C@H]2C3CCC(C(C)CCC(=O)O)[C@@]3(C)CCC2[C@@]2(C)CC[C@@H](O)C[C@@H]12. The van der Waals surface area contributed by atoms with Crippen LogP contribution in [0, 0.1) is 92.7 Å². The predicted molar refractivity (Wildman–Crippen MR) is 234 cm³/mol. The lowest BCUT2D eigenvalue weighted by atomic mass is 9.43.